The minimum Gasteiger partial charge on any atom is -0.464 e. The Bertz CT molecular complexity index is 394. The van der Waals surface area contributed by atoms with Gasteiger partial charge in [-0.3, -0.25) is 4.99 Å². The van der Waals surface area contributed by atoms with Crippen molar-refractivity contribution in [3.63, 3.8) is 0 Å². The van der Waals surface area contributed by atoms with Crippen LogP contribution in [0, 0.1) is 0 Å². The van der Waals surface area contributed by atoms with E-state index in [0.29, 0.717) is 11.6 Å². The second kappa shape index (κ2) is 7.07. The van der Waals surface area contributed by atoms with Gasteiger partial charge in [0.2, 0.25) is 0 Å². The van der Waals surface area contributed by atoms with E-state index < -0.39 is 6.04 Å². The molecule has 3 nitrogen and oxygen atoms in total. The average Bonchev–Trinajstić information content (AvgIpc) is 2.51. The highest BCUT2D eigenvalue weighted by molar-refractivity contribution is 6.31. The lowest BCUT2D eigenvalue weighted by atomic mass is 10.2. The molecule has 0 aromatic carbocycles. The van der Waals surface area contributed by atoms with E-state index in [0.717, 1.165) is 12.0 Å². The summed E-state index contributed by atoms with van der Waals surface area (Å²) in [5, 5.41) is 0.687. The Balaban J connectivity index is 2.59. The summed E-state index contributed by atoms with van der Waals surface area (Å²) in [5.74, 6) is -0.304. The molecule has 92 valence electrons. The standard InChI is InChI=1S/C13H16ClNO2/c1-3-17-13(16)10(2)15-9-11-5-4-6-12(14)8-7-11/h4,6-10H,3,5H2,1-2H3. The van der Waals surface area contributed by atoms with Gasteiger partial charge >= 0.3 is 5.97 Å². The van der Waals surface area contributed by atoms with Crippen molar-refractivity contribution in [1.82, 2.24) is 0 Å². The van der Waals surface area contributed by atoms with Crippen molar-refractivity contribution in [3.8, 4) is 0 Å². The molecule has 1 aliphatic carbocycles. The zero-order chi connectivity index (χ0) is 12.7. The largest absolute Gasteiger partial charge is 0.464 e. The van der Waals surface area contributed by atoms with Gasteiger partial charge in [0.15, 0.2) is 0 Å². The zero-order valence-corrected chi connectivity index (χ0v) is 10.8. The van der Waals surface area contributed by atoms with Crippen LogP contribution in [0.4, 0.5) is 0 Å². The summed E-state index contributed by atoms with van der Waals surface area (Å²) < 4.78 is 4.87. The number of halogens is 1. The third-order valence-electron chi connectivity index (χ3n) is 2.18. The lowest BCUT2D eigenvalue weighted by Crippen LogP contribution is -2.18. The molecule has 1 rings (SSSR count). The molecule has 1 atom stereocenters. The number of carbonyl (C=O) groups is 1. The number of carbonyl (C=O) groups excluding carboxylic acids is 1. The van der Waals surface area contributed by atoms with Gasteiger partial charge in [-0.05, 0) is 38.0 Å². The highest BCUT2D eigenvalue weighted by Gasteiger charge is 2.10. The number of esters is 1. The lowest BCUT2D eigenvalue weighted by molar-refractivity contribution is -0.144. The number of rotatable bonds is 4. The van der Waals surface area contributed by atoms with E-state index in [1.165, 1.54) is 0 Å². The maximum absolute atomic E-state index is 11.3. The van der Waals surface area contributed by atoms with E-state index >= 15 is 0 Å². The molecule has 1 aliphatic rings. The van der Waals surface area contributed by atoms with Crippen LogP contribution in [0.2, 0.25) is 0 Å². The molecule has 4 heteroatoms. The van der Waals surface area contributed by atoms with Crippen LogP contribution in [0.1, 0.15) is 20.3 Å². The van der Waals surface area contributed by atoms with Crippen molar-refractivity contribution in [2.24, 2.45) is 4.99 Å². The zero-order valence-electron chi connectivity index (χ0n) is 10.0. The van der Waals surface area contributed by atoms with Crippen LogP contribution in [0.5, 0.6) is 0 Å². The first kappa shape index (κ1) is 13.7. The molecule has 0 amide bonds. The topological polar surface area (TPSA) is 38.7 Å². The van der Waals surface area contributed by atoms with Crippen molar-refractivity contribution >= 4 is 23.8 Å². The molecule has 0 aromatic heterocycles. The minimum absolute atomic E-state index is 0.304. The molecule has 0 aliphatic heterocycles. The summed E-state index contributed by atoms with van der Waals surface area (Å²) in [6, 6.07) is -0.470. The van der Waals surface area contributed by atoms with Crippen LogP contribution < -0.4 is 0 Å². The quantitative estimate of drug-likeness (QED) is 0.571. The van der Waals surface area contributed by atoms with Gasteiger partial charge < -0.3 is 4.74 Å². The third-order valence-corrected chi connectivity index (χ3v) is 2.43. The summed E-state index contributed by atoms with van der Waals surface area (Å²) in [6.07, 6.45) is 9.95. The van der Waals surface area contributed by atoms with Gasteiger partial charge in [0.05, 0.1) is 6.61 Å². The number of nitrogens with zero attached hydrogens (tertiary/aromatic N) is 1. The SMILES string of the molecule is CCOC(=O)C(C)N=CC1=CC=C(Cl)C=CC1. The Morgan fingerprint density at radius 2 is 2.41 bits per heavy atom. The van der Waals surface area contributed by atoms with E-state index in [1.54, 1.807) is 26.1 Å². The van der Waals surface area contributed by atoms with Gasteiger partial charge in [0, 0.05) is 11.2 Å². The Kier molecular flexibility index (Phi) is 5.70. The van der Waals surface area contributed by atoms with Gasteiger partial charge in [-0.2, -0.15) is 0 Å². The van der Waals surface area contributed by atoms with Crippen molar-refractivity contribution in [2.75, 3.05) is 6.61 Å². The van der Waals surface area contributed by atoms with Crippen LogP contribution in [0.15, 0.2) is 39.9 Å². The Morgan fingerprint density at radius 3 is 3.12 bits per heavy atom. The molecule has 0 heterocycles. The fraction of sp³-hybridized carbons (Fsp3) is 0.385. The molecular formula is C13H16ClNO2. The first-order valence-electron chi connectivity index (χ1n) is 5.56. The summed E-state index contributed by atoms with van der Waals surface area (Å²) in [6.45, 7) is 3.87. The molecule has 0 spiro atoms. The summed E-state index contributed by atoms with van der Waals surface area (Å²) in [5.41, 5.74) is 1.01. The van der Waals surface area contributed by atoms with E-state index in [1.807, 2.05) is 18.2 Å². The second-order valence-corrected chi connectivity index (χ2v) is 4.04. The maximum Gasteiger partial charge on any atom is 0.330 e. The van der Waals surface area contributed by atoms with E-state index in [9.17, 15) is 4.79 Å². The lowest BCUT2D eigenvalue weighted by Gasteiger charge is -2.05. The van der Waals surface area contributed by atoms with Gasteiger partial charge in [-0.1, -0.05) is 23.8 Å². The molecule has 0 aromatic rings. The number of ether oxygens (including phenoxy) is 1. The van der Waals surface area contributed by atoms with Gasteiger partial charge in [-0.15, -0.1) is 0 Å². The minimum atomic E-state index is -0.470. The number of aliphatic imine (C=N–C) groups is 1. The smallest absolute Gasteiger partial charge is 0.330 e. The van der Waals surface area contributed by atoms with Crippen molar-refractivity contribution < 1.29 is 9.53 Å². The van der Waals surface area contributed by atoms with Gasteiger partial charge in [-0.25, -0.2) is 4.79 Å². The van der Waals surface area contributed by atoms with Crippen LogP contribution in [0.3, 0.4) is 0 Å². The molecule has 0 saturated heterocycles. The molecule has 1 unspecified atom stereocenters. The van der Waals surface area contributed by atoms with E-state index in [2.05, 4.69) is 4.99 Å². The van der Waals surface area contributed by atoms with Crippen molar-refractivity contribution in [3.05, 3.63) is 34.9 Å². The third kappa shape index (κ3) is 5.00. The fourth-order valence-electron chi connectivity index (χ4n) is 1.24. The maximum atomic E-state index is 11.3. The number of allylic oxidation sites excluding steroid dienone is 6. The molecule has 0 saturated carbocycles. The Morgan fingerprint density at radius 1 is 1.65 bits per heavy atom. The highest BCUT2D eigenvalue weighted by Crippen LogP contribution is 2.12. The second-order valence-electron chi connectivity index (χ2n) is 3.61. The van der Waals surface area contributed by atoms with Crippen molar-refractivity contribution in [2.45, 2.75) is 26.3 Å². The summed E-state index contributed by atoms with van der Waals surface area (Å²) in [7, 11) is 0. The monoisotopic (exact) mass is 253 g/mol. The number of hydrogen-bond donors (Lipinski definition) is 0. The van der Waals surface area contributed by atoms with Crippen LogP contribution in [-0.4, -0.2) is 24.8 Å². The number of hydrogen-bond acceptors (Lipinski definition) is 3. The predicted molar refractivity (Wildman–Crippen MR) is 70.4 cm³/mol. The molecular weight excluding hydrogens is 238 g/mol. The fourth-order valence-corrected chi connectivity index (χ4v) is 1.40. The van der Waals surface area contributed by atoms with E-state index in [4.69, 9.17) is 16.3 Å². The van der Waals surface area contributed by atoms with Crippen LogP contribution >= 0.6 is 11.6 Å². The normalized spacial score (nSPS) is 17.4. The van der Waals surface area contributed by atoms with Crippen LogP contribution in [-0.2, 0) is 9.53 Å². The molecule has 17 heavy (non-hydrogen) atoms. The first-order chi connectivity index (χ1) is 8.13. The highest BCUT2D eigenvalue weighted by atomic mass is 35.5. The Labute approximate surface area is 107 Å². The average molecular weight is 254 g/mol. The van der Waals surface area contributed by atoms with Crippen LogP contribution in [0.25, 0.3) is 0 Å². The summed E-state index contributed by atoms with van der Waals surface area (Å²) >= 11 is 5.85. The Hall–Kier alpha value is -1.35. The van der Waals surface area contributed by atoms with E-state index in [-0.39, 0.29) is 5.97 Å². The van der Waals surface area contributed by atoms with Gasteiger partial charge in [0.1, 0.15) is 6.04 Å². The van der Waals surface area contributed by atoms with Gasteiger partial charge in [0.25, 0.3) is 0 Å². The molecule has 0 bridgehead atoms. The molecule has 0 radical (unpaired) electrons. The predicted octanol–water partition coefficient (Wildman–Crippen LogP) is 3.02. The van der Waals surface area contributed by atoms with Crippen molar-refractivity contribution in [1.29, 1.82) is 0 Å². The molecule has 0 fully saturated rings. The summed E-state index contributed by atoms with van der Waals surface area (Å²) in [4.78, 5) is 15.5. The first-order valence-corrected chi connectivity index (χ1v) is 5.94. The molecule has 0 N–H and O–H groups in total.